The van der Waals surface area contributed by atoms with E-state index in [1.807, 2.05) is 0 Å². The Morgan fingerprint density at radius 1 is 1.05 bits per heavy atom. The third kappa shape index (κ3) is 5.34. The molecule has 0 aromatic heterocycles. The molecule has 2 aliphatic rings. The van der Waals surface area contributed by atoms with E-state index in [0.29, 0.717) is 0 Å². The van der Waals surface area contributed by atoms with Crippen LogP contribution in [0.5, 0.6) is 0 Å². The number of ether oxygens (including phenoxy) is 1. The van der Waals surface area contributed by atoms with Crippen molar-refractivity contribution < 1.29 is 4.74 Å². The number of hydrogen-bond acceptors (Lipinski definition) is 3. The Balaban J connectivity index is 1.87. The number of nitrogens with one attached hydrogen (secondary N) is 1. The molecule has 0 aliphatic carbocycles. The molecular formula is C17H34N2O. The van der Waals surface area contributed by atoms with Crippen LogP contribution in [-0.2, 0) is 4.74 Å². The van der Waals surface area contributed by atoms with E-state index in [0.717, 1.165) is 25.1 Å². The predicted octanol–water partition coefficient (Wildman–Crippen LogP) is 3.05. The van der Waals surface area contributed by atoms with Gasteiger partial charge in [-0.15, -0.1) is 0 Å². The standard InChI is InChI=1S/C17H34N2O/c1-17(2,3)20-14-13-19-12-6-4-5-7-16(19)15-8-10-18-11-9-15/h15-16,18H,4-14H2,1-3H3. The summed E-state index contributed by atoms with van der Waals surface area (Å²) in [4.78, 5) is 2.74. The molecular weight excluding hydrogens is 248 g/mol. The Kier molecular flexibility index (Phi) is 6.31. The Hall–Kier alpha value is -0.120. The Morgan fingerprint density at radius 2 is 1.80 bits per heavy atom. The summed E-state index contributed by atoms with van der Waals surface area (Å²) >= 11 is 0. The van der Waals surface area contributed by atoms with E-state index in [2.05, 4.69) is 31.0 Å². The summed E-state index contributed by atoms with van der Waals surface area (Å²) in [6.07, 6.45) is 8.34. The molecule has 118 valence electrons. The van der Waals surface area contributed by atoms with E-state index >= 15 is 0 Å². The van der Waals surface area contributed by atoms with E-state index in [4.69, 9.17) is 4.74 Å². The number of nitrogens with zero attached hydrogens (tertiary/aromatic N) is 1. The van der Waals surface area contributed by atoms with E-state index in [9.17, 15) is 0 Å². The Labute approximate surface area is 125 Å². The van der Waals surface area contributed by atoms with Crippen molar-refractivity contribution in [2.45, 2.75) is 70.9 Å². The van der Waals surface area contributed by atoms with Crippen LogP contribution in [0.15, 0.2) is 0 Å². The monoisotopic (exact) mass is 282 g/mol. The first-order valence-corrected chi connectivity index (χ1v) is 8.65. The highest BCUT2D eigenvalue weighted by molar-refractivity contribution is 4.85. The zero-order valence-corrected chi connectivity index (χ0v) is 13.8. The molecule has 0 spiro atoms. The van der Waals surface area contributed by atoms with Gasteiger partial charge in [-0.05, 0) is 72.0 Å². The van der Waals surface area contributed by atoms with Crippen LogP contribution in [0.2, 0.25) is 0 Å². The number of hydrogen-bond donors (Lipinski definition) is 1. The maximum absolute atomic E-state index is 5.95. The lowest BCUT2D eigenvalue weighted by atomic mass is 9.87. The Bertz CT molecular complexity index is 269. The summed E-state index contributed by atoms with van der Waals surface area (Å²) in [6.45, 7) is 12.2. The van der Waals surface area contributed by atoms with Crippen molar-refractivity contribution >= 4 is 0 Å². The van der Waals surface area contributed by atoms with Gasteiger partial charge in [0.1, 0.15) is 0 Å². The van der Waals surface area contributed by atoms with Gasteiger partial charge in [-0.1, -0.05) is 12.8 Å². The SMILES string of the molecule is CC(C)(C)OCCN1CCCCCC1C1CCNCC1. The van der Waals surface area contributed by atoms with Crippen LogP contribution in [-0.4, -0.2) is 49.3 Å². The van der Waals surface area contributed by atoms with E-state index in [-0.39, 0.29) is 5.60 Å². The van der Waals surface area contributed by atoms with Gasteiger partial charge < -0.3 is 10.1 Å². The van der Waals surface area contributed by atoms with Gasteiger partial charge in [0, 0.05) is 12.6 Å². The van der Waals surface area contributed by atoms with Gasteiger partial charge in [0.2, 0.25) is 0 Å². The lowest BCUT2D eigenvalue weighted by Crippen LogP contribution is -2.45. The molecule has 1 N–H and O–H groups in total. The number of likely N-dealkylation sites (tertiary alicyclic amines) is 1. The lowest BCUT2D eigenvalue weighted by Gasteiger charge is -2.38. The van der Waals surface area contributed by atoms with Crippen LogP contribution >= 0.6 is 0 Å². The normalized spacial score (nSPS) is 27.4. The van der Waals surface area contributed by atoms with Crippen LogP contribution in [0.25, 0.3) is 0 Å². The van der Waals surface area contributed by atoms with Gasteiger partial charge in [0.25, 0.3) is 0 Å². The summed E-state index contributed by atoms with van der Waals surface area (Å²) < 4.78 is 5.95. The molecule has 0 saturated carbocycles. The van der Waals surface area contributed by atoms with Gasteiger partial charge in [-0.25, -0.2) is 0 Å². The zero-order valence-electron chi connectivity index (χ0n) is 13.8. The van der Waals surface area contributed by atoms with Crippen LogP contribution in [0.4, 0.5) is 0 Å². The van der Waals surface area contributed by atoms with Gasteiger partial charge >= 0.3 is 0 Å². The van der Waals surface area contributed by atoms with Crippen molar-refractivity contribution in [2.75, 3.05) is 32.8 Å². The average molecular weight is 282 g/mol. The molecule has 3 heteroatoms. The van der Waals surface area contributed by atoms with Crippen LogP contribution in [0.3, 0.4) is 0 Å². The topological polar surface area (TPSA) is 24.5 Å². The van der Waals surface area contributed by atoms with Crippen molar-refractivity contribution in [3.05, 3.63) is 0 Å². The molecule has 2 saturated heterocycles. The molecule has 1 atom stereocenters. The van der Waals surface area contributed by atoms with Crippen molar-refractivity contribution in [3.63, 3.8) is 0 Å². The third-order valence-electron chi connectivity index (χ3n) is 4.76. The molecule has 0 aromatic rings. The second-order valence-corrected chi connectivity index (χ2v) is 7.50. The van der Waals surface area contributed by atoms with Crippen molar-refractivity contribution in [1.29, 1.82) is 0 Å². The third-order valence-corrected chi connectivity index (χ3v) is 4.76. The second kappa shape index (κ2) is 7.77. The zero-order chi connectivity index (χ0) is 14.4. The van der Waals surface area contributed by atoms with E-state index in [1.165, 1.54) is 58.2 Å². The molecule has 3 nitrogen and oxygen atoms in total. The minimum atomic E-state index is -0.00386. The van der Waals surface area contributed by atoms with E-state index < -0.39 is 0 Å². The highest BCUT2D eigenvalue weighted by atomic mass is 16.5. The first-order chi connectivity index (χ1) is 9.56. The van der Waals surface area contributed by atoms with Gasteiger partial charge in [0.15, 0.2) is 0 Å². The smallest absolute Gasteiger partial charge is 0.0600 e. The minimum absolute atomic E-state index is 0.00386. The molecule has 2 heterocycles. The van der Waals surface area contributed by atoms with Crippen molar-refractivity contribution in [1.82, 2.24) is 10.2 Å². The highest BCUT2D eigenvalue weighted by Crippen LogP contribution is 2.28. The van der Waals surface area contributed by atoms with Crippen LogP contribution in [0.1, 0.15) is 59.3 Å². The second-order valence-electron chi connectivity index (χ2n) is 7.50. The summed E-state index contributed by atoms with van der Waals surface area (Å²) in [6, 6.07) is 0.808. The van der Waals surface area contributed by atoms with Gasteiger partial charge in [0.05, 0.1) is 12.2 Å². The first-order valence-electron chi connectivity index (χ1n) is 8.65. The van der Waals surface area contributed by atoms with Crippen LogP contribution in [0, 0.1) is 5.92 Å². The van der Waals surface area contributed by atoms with Crippen LogP contribution < -0.4 is 5.32 Å². The van der Waals surface area contributed by atoms with Crippen molar-refractivity contribution in [2.24, 2.45) is 5.92 Å². The average Bonchev–Trinajstić information content (AvgIpc) is 2.64. The van der Waals surface area contributed by atoms with E-state index in [1.54, 1.807) is 0 Å². The molecule has 0 amide bonds. The number of rotatable bonds is 4. The fourth-order valence-electron chi connectivity index (χ4n) is 3.70. The fourth-order valence-corrected chi connectivity index (χ4v) is 3.70. The number of piperidine rings is 1. The summed E-state index contributed by atoms with van der Waals surface area (Å²) in [7, 11) is 0. The Morgan fingerprint density at radius 3 is 2.50 bits per heavy atom. The maximum Gasteiger partial charge on any atom is 0.0600 e. The lowest BCUT2D eigenvalue weighted by molar-refractivity contribution is -0.0218. The molecule has 0 aromatic carbocycles. The molecule has 2 aliphatic heterocycles. The molecule has 0 bridgehead atoms. The predicted molar refractivity (Wildman–Crippen MR) is 85.1 cm³/mol. The molecule has 20 heavy (non-hydrogen) atoms. The molecule has 0 radical (unpaired) electrons. The molecule has 1 unspecified atom stereocenters. The first kappa shape index (κ1) is 16.3. The van der Waals surface area contributed by atoms with Crippen molar-refractivity contribution in [3.8, 4) is 0 Å². The largest absolute Gasteiger partial charge is 0.375 e. The quantitative estimate of drug-likeness (QED) is 0.858. The molecule has 2 rings (SSSR count). The summed E-state index contributed by atoms with van der Waals surface area (Å²) in [5.74, 6) is 0.906. The molecule has 2 fully saturated rings. The summed E-state index contributed by atoms with van der Waals surface area (Å²) in [5, 5.41) is 3.50. The maximum atomic E-state index is 5.95. The van der Waals surface area contributed by atoms with Gasteiger partial charge in [-0.3, -0.25) is 4.90 Å². The highest BCUT2D eigenvalue weighted by Gasteiger charge is 2.29. The fraction of sp³-hybridized carbons (Fsp3) is 1.00. The summed E-state index contributed by atoms with van der Waals surface area (Å²) in [5.41, 5.74) is -0.00386. The van der Waals surface area contributed by atoms with Gasteiger partial charge in [-0.2, -0.15) is 0 Å². The minimum Gasteiger partial charge on any atom is -0.375 e.